The van der Waals surface area contributed by atoms with E-state index in [1.165, 1.54) is 32.8 Å². The summed E-state index contributed by atoms with van der Waals surface area (Å²) in [5.74, 6) is 0.328. The molecule has 0 heterocycles. The molecule has 2 heteroatoms. The van der Waals surface area contributed by atoms with Gasteiger partial charge in [0.05, 0.1) is 0 Å². The highest BCUT2D eigenvalue weighted by molar-refractivity contribution is 6.16. The average molecular weight is 498 g/mol. The molecule has 190 valence electrons. The lowest BCUT2D eigenvalue weighted by Crippen LogP contribution is -1.97. The number of hydrogen-bond acceptors (Lipinski definition) is 2. The maximum atomic E-state index is 7.00. The maximum Gasteiger partial charge on any atom is 0.0479 e. The largest absolute Gasteiger partial charge is 0.400 e. The predicted molar refractivity (Wildman–Crippen MR) is 165 cm³/mol. The van der Waals surface area contributed by atoms with Gasteiger partial charge in [0.1, 0.15) is 0 Å². The van der Waals surface area contributed by atoms with Crippen LogP contribution in [0.5, 0.6) is 0 Å². The lowest BCUT2D eigenvalue weighted by molar-refractivity contribution is 0.399. The van der Waals surface area contributed by atoms with Gasteiger partial charge in [-0.1, -0.05) is 140 Å². The third-order valence-corrected chi connectivity index (χ3v) is 6.89. The summed E-state index contributed by atoms with van der Waals surface area (Å²) in [6.07, 6.45) is 0. The fourth-order valence-electron chi connectivity index (χ4n) is 4.80. The van der Waals surface area contributed by atoms with E-state index in [2.05, 4.69) is 123 Å². The van der Waals surface area contributed by atoms with Gasteiger partial charge in [-0.25, -0.2) is 0 Å². The van der Waals surface area contributed by atoms with Crippen molar-refractivity contribution in [2.75, 3.05) is 12.8 Å². The molecule has 1 unspecified atom stereocenters. The molecule has 6 aromatic carbocycles. The SMILES string of the molecule is CC(c1ccccc1)c1ccc2ccc3ccc(-c4ccccc4)c(N)c3c2c1.CO.Cc1ccccc1. The number of aliphatic hydroxyl groups excluding tert-OH is 1. The van der Waals surface area contributed by atoms with E-state index in [9.17, 15) is 0 Å². The van der Waals surface area contributed by atoms with Crippen molar-refractivity contribution in [3.63, 3.8) is 0 Å². The van der Waals surface area contributed by atoms with Crippen LogP contribution in [0.4, 0.5) is 5.69 Å². The molecule has 0 spiro atoms. The monoisotopic (exact) mass is 497 g/mol. The minimum atomic E-state index is 0.328. The van der Waals surface area contributed by atoms with E-state index >= 15 is 0 Å². The maximum absolute atomic E-state index is 7.00. The number of nitrogens with two attached hydrogens (primary N) is 1. The Morgan fingerprint density at radius 3 is 1.71 bits per heavy atom. The minimum absolute atomic E-state index is 0.328. The van der Waals surface area contributed by atoms with Crippen molar-refractivity contribution < 1.29 is 5.11 Å². The Bertz CT molecular complexity index is 1590. The van der Waals surface area contributed by atoms with Crippen LogP contribution in [0, 0.1) is 6.92 Å². The van der Waals surface area contributed by atoms with Crippen molar-refractivity contribution >= 4 is 27.2 Å². The standard InChI is InChI=1S/C28H23N.C7H8.CH4O/c1-19(20-8-4-2-5-9-20)24-15-13-22-12-14-23-16-17-25(21-10-6-3-7-11-21)28(29)27(23)26(22)18-24;1-7-5-3-2-4-6-7;1-2/h2-19H,29H2,1H3;2-6H,1H3;2H,1H3. The van der Waals surface area contributed by atoms with E-state index in [1.54, 1.807) is 0 Å². The molecule has 38 heavy (non-hydrogen) atoms. The molecule has 1 atom stereocenters. The van der Waals surface area contributed by atoms with Crippen LogP contribution >= 0.6 is 0 Å². The van der Waals surface area contributed by atoms with Gasteiger partial charge >= 0.3 is 0 Å². The van der Waals surface area contributed by atoms with Gasteiger partial charge in [-0.15, -0.1) is 0 Å². The second kappa shape index (κ2) is 12.7. The Morgan fingerprint density at radius 2 is 1.11 bits per heavy atom. The van der Waals surface area contributed by atoms with Crippen molar-refractivity contribution in [1.29, 1.82) is 0 Å². The van der Waals surface area contributed by atoms with E-state index in [0.29, 0.717) is 5.92 Å². The second-order valence-electron chi connectivity index (χ2n) is 9.32. The number of rotatable bonds is 3. The molecule has 0 amide bonds. The van der Waals surface area contributed by atoms with Crippen LogP contribution < -0.4 is 5.73 Å². The first-order valence-corrected chi connectivity index (χ1v) is 12.9. The third-order valence-electron chi connectivity index (χ3n) is 6.89. The second-order valence-corrected chi connectivity index (χ2v) is 9.32. The van der Waals surface area contributed by atoms with Gasteiger partial charge in [-0.2, -0.15) is 0 Å². The molecule has 0 radical (unpaired) electrons. The van der Waals surface area contributed by atoms with Gasteiger partial charge in [0.15, 0.2) is 0 Å². The van der Waals surface area contributed by atoms with Crippen molar-refractivity contribution in [1.82, 2.24) is 0 Å². The summed E-state index contributed by atoms with van der Waals surface area (Å²) in [4.78, 5) is 0. The summed E-state index contributed by atoms with van der Waals surface area (Å²) in [6, 6.07) is 46.8. The molecule has 6 aromatic rings. The van der Waals surface area contributed by atoms with Crippen LogP contribution in [0.15, 0.2) is 133 Å². The highest BCUT2D eigenvalue weighted by atomic mass is 16.2. The molecular weight excluding hydrogens is 462 g/mol. The number of benzene rings is 6. The smallest absolute Gasteiger partial charge is 0.0479 e. The zero-order valence-electron chi connectivity index (χ0n) is 22.3. The summed E-state index contributed by atoms with van der Waals surface area (Å²) in [7, 11) is 1.00. The van der Waals surface area contributed by atoms with Crippen molar-refractivity contribution in [3.8, 4) is 11.1 Å². The zero-order chi connectivity index (χ0) is 26.9. The van der Waals surface area contributed by atoms with E-state index in [1.807, 2.05) is 24.3 Å². The van der Waals surface area contributed by atoms with E-state index in [-0.39, 0.29) is 0 Å². The molecule has 3 N–H and O–H groups in total. The highest BCUT2D eigenvalue weighted by Crippen LogP contribution is 2.38. The minimum Gasteiger partial charge on any atom is -0.400 e. The molecule has 0 bridgehead atoms. The molecule has 0 aliphatic heterocycles. The summed E-state index contributed by atoms with van der Waals surface area (Å²) < 4.78 is 0. The topological polar surface area (TPSA) is 46.2 Å². The number of aliphatic hydroxyl groups is 1. The summed E-state index contributed by atoms with van der Waals surface area (Å²) in [5, 5.41) is 11.8. The van der Waals surface area contributed by atoms with Gasteiger partial charge in [-0.3, -0.25) is 0 Å². The van der Waals surface area contributed by atoms with Crippen LogP contribution in [0.25, 0.3) is 32.7 Å². The Hall–Kier alpha value is -4.40. The first-order chi connectivity index (χ1) is 18.6. The molecule has 0 aliphatic rings. The van der Waals surface area contributed by atoms with E-state index in [0.717, 1.165) is 29.3 Å². The van der Waals surface area contributed by atoms with Crippen LogP contribution in [-0.4, -0.2) is 12.2 Å². The molecule has 6 rings (SSSR count). The number of hydrogen-bond donors (Lipinski definition) is 2. The molecule has 0 saturated carbocycles. The molecular formula is C36H35NO. The number of nitrogen functional groups attached to an aromatic ring is 1. The summed E-state index contributed by atoms with van der Waals surface area (Å²) in [5.41, 5.74) is 13.8. The first-order valence-electron chi connectivity index (χ1n) is 12.9. The van der Waals surface area contributed by atoms with Crippen LogP contribution in [0.1, 0.15) is 29.5 Å². The van der Waals surface area contributed by atoms with E-state index in [4.69, 9.17) is 10.8 Å². The summed E-state index contributed by atoms with van der Waals surface area (Å²) >= 11 is 0. The molecule has 0 aliphatic carbocycles. The van der Waals surface area contributed by atoms with Gasteiger partial charge in [0.25, 0.3) is 0 Å². The fourth-order valence-corrected chi connectivity index (χ4v) is 4.80. The fraction of sp³-hybridized carbons (Fsp3) is 0.111. The van der Waals surface area contributed by atoms with Gasteiger partial charge in [-0.05, 0) is 45.8 Å². The zero-order valence-corrected chi connectivity index (χ0v) is 22.3. The first kappa shape index (κ1) is 26.7. The lowest BCUT2D eigenvalue weighted by atomic mass is 9.89. The van der Waals surface area contributed by atoms with Crippen molar-refractivity contribution in [2.24, 2.45) is 0 Å². The molecule has 0 fully saturated rings. The number of fused-ring (bicyclic) bond motifs is 3. The van der Waals surface area contributed by atoms with Crippen molar-refractivity contribution in [3.05, 3.63) is 150 Å². The molecule has 0 aromatic heterocycles. The third kappa shape index (κ3) is 5.94. The van der Waals surface area contributed by atoms with E-state index < -0.39 is 0 Å². The van der Waals surface area contributed by atoms with Crippen molar-refractivity contribution in [2.45, 2.75) is 19.8 Å². The average Bonchev–Trinajstić information content (AvgIpc) is 2.99. The van der Waals surface area contributed by atoms with Crippen LogP contribution in [0.3, 0.4) is 0 Å². The highest BCUT2D eigenvalue weighted by Gasteiger charge is 2.13. The quantitative estimate of drug-likeness (QED) is 0.189. The Balaban J connectivity index is 0.000000321. The Kier molecular flexibility index (Phi) is 8.92. The predicted octanol–water partition coefficient (Wildman–Crippen LogP) is 9.00. The Morgan fingerprint density at radius 1 is 0.579 bits per heavy atom. The number of aryl methyl sites for hydroxylation is 1. The van der Waals surface area contributed by atoms with Crippen LogP contribution in [0.2, 0.25) is 0 Å². The molecule has 0 saturated heterocycles. The van der Waals surface area contributed by atoms with Crippen LogP contribution in [-0.2, 0) is 0 Å². The lowest BCUT2D eigenvalue weighted by Gasteiger charge is -2.16. The molecule has 2 nitrogen and oxygen atoms in total. The van der Waals surface area contributed by atoms with Gasteiger partial charge in [0.2, 0.25) is 0 Å². The normalized spacial score (nSPS) is 11.2. The van der Waals surface area contributed by atoms with Gasteiger partial charge in [0, 0.05) is 29.7 Å². The summed E-state index contributed by atoms with van der Waals surface area (Å²) in [6.45, 7) is 4.35. The Labute approximate surface area is 226 Å². The van der Waals surface area contributed by atoms with Gasteiger partial charge < -0.3 is 10.8 Å². The number of anilines is 1.